The van der Waals surface area contributed by atoms with Crippen molar-refractivity contribution in [2.45, 2.75) is 44.6 Å². The molecule has 0 amide bonds. The average molecular weight is 494 g/mol. The topological polar surface area (TPSA) is 103 Å². The second-order valence-electron chi connectivity index (χ2n) is 9.42. The molecule has 0 fully saturated rings. The summed E-state index contributed by atoms with van der Waals surface area (Å²) in [5, 5.41) is 15.9. The van der Waals surface area contributed by atoms with Crippen LogP contribution in [-0.4, -0.2) is 42.4 Å². The number of aromatic nitrogens is 5. The quantitative estimate of drug-likeness (QED) is 0.327. The average Bonchev–Trinajstić information content (AvgIpc) is 3.34. The molecule has 0 saturated carbocycles. The van der Waals surface area contributed by atoms with Crippen LogP contribution in [0.15, 0.2) is 67.0 Å². The number of nitrogens with zero attached hydrogens (tertiary/aromatic N) is 5. The summed E-state index contributed by atoms with van der Waals surface area (Å²) in [4.78, 5) is 25.5. The number of aryl methyl sites for hydroxylation is 2. The lowest BCUT2D eigenvalue weighted by Crippen LogP contribution is -2.17. The number of pyridine rings is 3. The predicted molar refractivity (Wildman–Crippen MR) is 140 cm³/mol. The van der Waals surface area contributed by atoms with Crippen LogP contribution < -0.4 is 4.74 Å². The molecule has 1 N–H and O–H groups in total. The Hall–Kier alpha value is -4.33. The second kappa shape index (κ2) is 9.97. The highest BCUT2D eigenvalue weighted by molar-refractivity contribution is 5.81. The summed E-state index contributed by atoms with van der Waals surface area (Å²) in [5.74, 6) is -0.180. The molecule has 0 saturated heterocycles. The molecule has 5 aromatic rings. The first kappa shape index (κ1) is 23.1. The van der Waals surface area contributed by atoms with Crippen molar-refractivity contribution in [3.63, 3.8) is 0 Å². The summed E-state index contributed by atoms with van der Waals surface area (Å²) in [7, 11) is 0. The lowest BCUT2D eigenvalue weighted by atomic mass is 9.96. The monoisotopic (exact) mass is 493 g/mol. The van der Waals surface area contributed by atoms with E-state index >= 15 is 0 Å². The van der Waals surface area contributed by atoms with Gasteiger partial charge in [-0.15, -0.1) is 0 Å². The summed E-state index contributed by atoms with van der Waals surface area (Å²) >= 11 is 0. The highest BCUT2D eigenvalue weighted by atomic mass is 16.5. The number of hydrogen-bond acceptors (Lipinski definition) is 6. The fourth-order valence-electron chi connectivity index (χ4n) is 5.04. The van der Waals surface area contributed by atoms with Crippen LogP contribution in [0, 0.1) is 0 Å². The molecule has 4 heterocycles. The van der Waals surface area contributed by atoms with Gasteiger partial charge in [-0.2, -0.15) is 5.10 Å². The van der Waals surface area contributed by atoms with Gasteiger partial charge in [0, 0.05) is 34.8 Å². The molecule has 0 bridgehead atoms. The van der Waals surface area contributed by atoms with Gasteiger partial charge in [0.15, 0.2) is 5.65 Å². The molecular formula is C29H27N5O3. The van der Waals surface area contributed by atoms with Crippen molar-refractivity contribution in [2.24, 2.45) is 0 Å². The maximum atomic E-state index is 11.7. The van der Waals surface area contributed by atoms with E-state index in [1.807, 2.05) is 42.5 Å². The number of carboxylic acid groups (broad SMARTS) is 1. The Balaban J connectivity index is 1.21. The van der Waals surface area contributed by atoms with Crippen molar-refractivity contribution < 1.29 is 14.6 Å². The largest absolute Gasteiger partial charge is 0.493 e. The van der Waals surface area contributed by atoms with Crippen molar-refractivity contribution >= 4 is 27.9 Å². The number of fused-ring (bicyclic) bond motifs is 3. The van der Waals surface area contributed by atoms with Gasteiger partial charge in [-0.25, -0.2) is 9.97 Å². The standard InChI is InChI=1S/C29H27N5O3/c35-28(36)17-27(25-11-8-20-5-3-14-30-29(20)33-25)34-26-12-10-23(16-21(26)18-31-34)37-15-13-22-9-7-19-4-1-2-6-24(19)32-22/h3,5,7-12,14,16,18,27H,1-2,4,6,13,15,17H2,(H,35,36). The van der Waals surface area contributed by atoms with E-state index in [0.717, 1.165) is 47.0 Å². The fourth-order valence-corrected chi connectivity index (χ4v) is 5.04. The molecule has 1 aromatic carbocycles. The van der Waals surface area contributed by atoms with Crippen molar-refractivity contribution in [3.05, 3.63) is 89.6 Å². The number of carbonyl (C=O) groups is 1. The molecule has 1 aliphatic rings. The third kappa shape index (κ3) is 4.87. The van der Waals surface area contributed by atoms with E-state index < -0.39 is 12.0 Å². The van der Waals surface area contributed by atoms with Crippen LogP contribution in [-0.2, 0) is 24.1 Å². The Bertz CT molecular complexity index is 1600. The SMILES string of the molecule is O=C(O)CC(c1ccc2cccnc2n1)n1ncc2cc(OCCc3ccc4c(n3)CCCC4)ccc21. The van der Waals surface area contributed by atoms with Crippen LogP contribution in [0.2, 0.25) is 0 Å². The van der Waals surface area contributed by atoms with Crippen LogP contribution in [0.3, 0.4) is 0 Å². The van der Waals surface area contributed by atoms with Gasteiger partial charge < -0.3 is 9.84 Å². The van der Waals surface area contributed by atoms with Crippen molar-refractivity contribution in [2.75, 3.05) is 6.61 Å². The maximum Gasteiger partial charge on any atom is 0.305 e. The Morgan fingerprint density at radius 1 is 1.03 bits per heavy atom. The van der Waals surface area contributed by atoms with Gasteiger partial charge in [0.2, 0.25) is 0 Å². The number of benzene rings is 1. The molecule has 0 spiro atoms. The molecular weight excluding hydrogens is 466 g/mol. The summed E-state index contributed by atoms with van der Waals surface area (Å²) in [6.45, 7) is 0.529. The molecule has 8 heteroatoms. The smallest absolute Gasteiger partial charge is 0.305 e. The van der Waals surface area contributed by atoms with E-state index in [9.17, 15) is 9.90 Å². The Labute approximate surface area is 214 Å². The molecule has 1 atom stereocenters. The minimum Gasteiger partial charge on any atom is -0.493 e. The normalized spacial score (nSPS) is 13.9. The Kier molecular flexibility index (Phi) is 6.22. The zero-order chi connectivity index (χ0) is 25.2. The number of hydrogen-bond donors (Lipinski definition) is 1. The summed E-state index contributed by atoms with van der Waals surface area (Å²) in [6.07, 6.45) is 8.69. The van der Waals surface area contributed by atoms with Crippen LogP contribution in [0.4, 0.5) is 0 Å². The fraction of sp³-hybridized carbons (Fsp3) is 0.276. The molecule has 1 unspecified atom stereocenters. The van der Waals surface area contributed by atoms with Gasteiger partial charge in [-0.3, -0.25) is 14.5 Å². The van der Waals surface area contributed by atoms with Crippen molar-refractivity contribution in [1.82, 2.24) is 24.7 Å². The van der Waals surface area contributed by atoms with Crippen LogP contribution in [0.5, 0.6) is 5.75 Å². The van der Waals surface area contributed by atoms with Crippen LogP contribution >= 0.6 is 0 Å². The lowest BCUT2D eigenvalue weighted by Gasteiger charge is -2.17. The highest BCUT2D eigenvalue weighted by Crippen LogP contribution is 2.28. The third-order valence-corrected chi connectivity index (χ3v) is 6.92. The molecule has 1 aliphatic carbocycles. The van der Waals surface area contributed by atoms with Crippen LogP contribution in [0.25, 0.3) is 21.9 Å². The van der Waals surface area contributed by atoms with Gasteiger partial charge in [0.1, 0.15) is 11.8 Å². The highest BCUT2D eigenvalue weighted by Gasteiger charge is 2.22. The van der Waals surface area contributed by atoms with Crippen LogP contribution in [0.1, 0.15) is 47.9 Å². The first-order valence-corrected chi connectivity index (χ1v) is 12.7. The molecule has 37 heavy (non-hydrogen) atoms. The minimum absolute atomic E-state index is 0.145. The first-order chi connectivity index (χ1) is 18.1. The Morgan fingerprint density at radius 3 is 2.86 bits per heavy atom. The zero-order valence-electron chi connectivity index (χ0n) is 20.4. The number of ether oxygens (including phenoxy) is 1. The van der Waals surface area contributed by atoms with Gasteiger partial charge >= 0.3 is 5.97 Å². The van der Waals surface area contributed by atoms with Crippen molar-refractivity contribution in [3.8, 4) is 5.75 Å². The summed E-state index contributed by atoms with van der Waals surface area (Å²) < 4.78 is 7.76. The number of rotatable bonds is 8. The molecule has 0 aliphatic heterocycles. The predicted octanol–water partition coefficient (Wildman–Crippen LogP) is 4.94. The van der Waals surface area contributed by atoms with Gasteiger partial charge in [-0.1, -0.05) is 6.07 Å². The van der Waals surface area contributed by atoms with E-state index in [-0.39, 0.29) is 6.42 Å². The zero-order valence-corrected chi connectivity index (χ0v) is 20.4. The summed E-state index contributed by atoms with van der Waals surface area (Å²) in [5.41, 5.74) is 5.69. The summed E-state index contributed by atoms with van der Waals surface area (Å²) in [6, 6.07) is 17.0. The number of aliphatic carboxylic acids is 1. The molecule has 6 rings (SSSR count). The minimum atomic E-state index is -0.924. The third-order valence-electron chi connectivity index (χ3n) is 6.92. The van der Waals surface area contributed by atoms with Gasteiger partial charge in [-0.05, 0) is 79.8 Å². The lowest BCUT2D eigenvalue weighted by molar-refractivity contribution is -0.137. The van der Waals surface area contributed by atoms with Crippen molar-refractivity contribution in [1.29, 1.82) is 0 Å². The van der Waals surface area contributed by atoms with E-state index in [4.69, 9.17) is 9.72 Å². The van der Waals surface area contributed by atoms with E-state index in [2.05, 4.69) is 27.2 Å². The first-order valence-electron chi connectivity index (χ1n) is 12.7. The number of carboxylic acids is 1. The van der Waals surface area contributed by atoms with Gasteiger partial charge in [0.05, 0.1) is 30.4 Å². The molecule has 186 valence electrons. The molecule has 0 radical (unpaired) electrons. The van der Waals surface area contributed by atoms with E-state index in [1.165, 1.54) is 24.1 Å². The van der Waals surface area contributed by atoms with E-state index in [0.29, 0.717) is 17.9 Å². The maximum absolute atomic E-state index is 11.7. The molecule has 4 aromatic heterocycles. The second-order valence-corrected chi connectivity index (χ2v) is 9.42. The Morgan fingerprint density at radius 2 is 1.95 bits per heavy atom. The molecule has 8 nitrogen and oxygen atoms in total. The van der Waals surface area contributed by atoms with Gasteiger partial charge in [0.25, 0.3) is 0 Å². The van der Waals surface area contributed by atoms with E-state index in [1.54, 1.807) is 17.1 Å².